The Balaban J connectivity index is 2.21. The van der Waals surface area contributed by atoms with Crippen LogP contribution in [0.25, 0.3) is 0 Å². The summed E-state index contributed by atoms with van der Waals surface area (Å²) in [5.74, 6) is 1.39. The van der Waals surface area contributed by atoms with Gasteiger partial charge in [-0.15, -0.1) is 0 Å². The lowest BCUT2D eigenvalue weighted by atomic mass is 10.0. The molecule has 1 aromatic rings. The van der Waals surface area contributed by atoms with Crippen molar-refractivity contribution < 1.29 is 4.74 Å². The number of aryl methyl sites for hydroxylation is 2. The van der Waals surface area contributed by atoms with Gasteiger partial charge in [0.25, 0.3) is 0 Å². The van der Waals surface area contributed by atoms with Gasteiger partial charge in [0.1, 0.15) is 5.82 Å². The Hall–Kier alpha value is -1.00. The van der Waals surface area contributed by atoms with E-state index >= 15 is 0 Å². The monoisotopic (exact) mass is 291 g/mol. The second-order valence-electron chi connectivity index (χ2n) is 6.08. The van der Waals surface area contributed by atoms with Crippen LogP contribution in [0.5, 0.6) is 0 Å². The standard InChI is InChI=1S/C17H29N3O/c1-5-15-14(7-9-18-12(3)4)16(6-2)20-17(19-15)13-8-10-21-11-13/h12-13,18H,5-11H2,1-4H3. The lowest BCUT2D eigenvalue weighted by Crippen LogP contribution is -2.26. The predicted octanol–water partition coefficient (Wildman–Crippen LogP) is 2.65. The lowest BCUT2D eigenvalue weighted by molar-refractivity contribution is 0.193. The first-order valence-corrected chi connectivity index (χ1v) is 8.35. The molecule has 1 saturated heterocycles. The van der Waals surface area contributed by atoms with Crippen molar-refractivity contribution in [2.24, 2.45) is 0 Å². The molecule has 21 heavy (non-hydrogen) atoms. The topological polar surface area (TPSA) is 47.0 Å². The quantitative estimate of drug-likeness (QED) is 0.839. The summed E-state index contributed by atoms with van der Waals surface area (Å²) in [5.41, 5.74) is 3.82. The smallest absolute Gasteiger partial charge is 0.134 e. The maximum Gasteiger partial charge on any atom is 0.134 e. The van der Waals surface area contributed by atoms with Gasteiger partial charge in [0.2, 0.25) is 0 Å². The maximum atomic E-state index is 5.49. The van der Waals surface area contributed by atoms with Gasteiger partial charge < -0.3 is 10.1 Å². The van der Waals surface area contributed by atoms with E-state index in [0.717, 1.165) is 51.3 Å². The van der Waals surface area contributed by atoms with E-state index in [1.807, 2.05) is 0 Å². The molecule has 1 atom stereocenters. The SMILES string of the molecule is CCc1nc(C2CCOC2)nc(CC)c1CCNC(C)C. The van der Waals surface area contributed by atoms with Gasteiger partial charge in [-0.05, 0) is 37.8 Å². The normalized spacial score (nSPS) is 18.6. The zero-order chi connectivity index (χ0) is 15.2. The van der Waals surface area contributed by atoms with Crippen LogP contribution in [-0.4, -0.2) is 35.8 Å². The molecular weight excluding hydrogens is 262 g/mol. The molecule has 1 aliphatic heterocycles. The Morgan fingerprint density at radius 3 is 2.33 bits per heavy atom. The molecule has 0 aliphatic carbocycles. The molecule has 0 saturated carbocycles. The number of aromatic nitrogens is 2. The third-order valence-electron chi connectivity index (χ3n) is 4.09. The molecule has 0 aromatic carbocycles. The first kappa shape index (κ1) is 16.4. The molecule has 2 rings (SSSR count). The minimum Gasteiger partial charge on any atom is -0.381 e. The second-order valence-corrected chi connectivity index (χ2v) is 6.08. The van der Waals surface area contributed by atoms with Crippen LogP contribution < -0.4 is 5.32 Å². The summed E-state index contributed by atoms with van der Waals surface area (Å²) < 4.78 is 5.49. The molecule has 0 radical (unpaired) electrons. The first-order chi connectivity index (χ1) is 10.2. The molecule has 0 spiro atoms. The van der Waals surface area contributed by atoms with Gasteiger partial charge in [0.05, 0.1) is 6.61 Å². The van der Waals surface area contributed by atoms with Crippen LogP contribution in [0.15, 0.2) is 0 Å². The molecular formula is C17H29N3O. The van der Waals surface area contributed by atoms with Gasteiger partial charge >= 0.3 is 0 Å². The van der Waals surface area contributed by atoms with Crippen LogP contribution in [0.1, 0.15) is 62.8 Å². The number of rotatable bonds is 7. The molecule has 0 bridgehead atoms. The number of ether oxygens (including phenoxy) is 1. The van der Waals surface area contributed by atoms with Crippen molar-refractivity contribution in [1.29, 1.82) is 0 Å². The van der Waals surface area contributed by atoms with Gasteiger partial charge in [0, 0.05) is 30.0 Å². The molecule has 1 fully saturated rings. The van der Waals surface area contributed by atoms with Gasteiger partial charge in [-0.25, -0.2) is 9.97 Å². The van der Waals surface area contributed by atoms with Crippen molar-refractivity contribution in [1.82, 2.24) is 15.3 Å². The Labute approximate surface area is 128 Å². The number of nitrogens with zero attached hydrogens (tertiary/aromatic N) is 2. The highest BCUT2D eigenvalue weighted by molar-refractivity contribution is 5.28. The third-order valence-corrected chi connectivity index (χ3v) is 4.09. The summed E-state index contributed by atoms with van der Waals surface area (Å²) >= 11 is 0. The fourth-order valence-corrected chi connectivity index (χ4v) is 2.88. The van der Waals surface area contributed by atoms with Crippen LogP contribution in [-0.2, 0) is 24.0 Å². The molecule has 2 heterocycles. The zero-order valence-corrected chi connectivity index (χ0v) is 13.9. The second kappa shape index (κ2) is 7.85. The van der Waals surface area contributed by atoms with E-state index < -0.39 is 0 Å². The summed E-state index contributed by atoms with van der Waals surface area (Å²) in [5, 5.41) is 3.49. The van der Waals surface area contributed by atoms with Gasteiger partial charge in [-0.2, -0.15) is 0 Å². The fourth-order valence-electron chi connectivity index (χ4n) is 2.88. The highest BCUT2D eigenvalue weighted by Crippen LogP contribution is 2.24. The molecule has 1 unspecified atom stereocenters. The molecule has 1 N–H and O–H groups in total. The van der Waals surface area contributed by atoms with Gasteiger partial charge in [0.15, 0.2) is 0 Å². The van der Waals surface area contributed by atoms with Crippen LogP contribution in [0.4, 0.5) is 0 Å². The lowest BCUT2D eigenvalue weighted by Gasteiger charge is -2.17. The van der Waals surface area contributed by atoms with E-state index in [1.165, 1.54) is 17.0 Å². The molecule has 4 nitrogen and oxygen atoms in total. The number of hydrogen-bond acceptors (Lipinski definition) is 4. The van der Waals surface area contributed by atoms with Crippen LogP contribution in [0.3, 0.4) is 0 Å². The number of nitrogens with one attached hydrogen (secondary N) is 1. The Kier molecular flexibility index (Phi) is 6.12. The van der Waals surface area contributed by atoms with Crippen molar-refractivity contribution in [3.8, 4) is 0 Å². The number of hydrogen-bond donors (Lipinski definition) is 1. The average Bonchev–Trinajstić information content (AvgIpc) is 3.00. The fraction of sp³-hybridized carbons (Fsp3) is 0.765. The Bertz CT molecular complexity index is 428. The largest absolute Gasteiger partial charge is 0.381 e. The summed E-state index contributed by atoms with van der Waals surface area (Å²) in [6, 6.07) is 0.524. The predicted molar refractivity (Wildman–Crippen MR) is 85.8 cm³/mol. The summed E-state index contributed by atoms with van der Waals surface area (Å²) in [6.07, 6.45) is 4.03. The van der Waals surface area contributed by atoms with E-state index in [4.69, 9.17) is 14.7 Å². The van der Waals surface area contributed by atoms with Crippen molar-refractivity contribution in [2.75, 3.05) is 19.8 Å². The van der Waals surface area contributed by atoms with E-state index in [2.05, 4.69) is 33.0 Å². The van der Waals surface area contributed by atoms with E-state index in [1.54, 1.807) is 0 Å². The van der Waals surface area contributed by atoms with E-state index in [9.17, 15) is 0 Å². The summed E-state index contributed by atoms with van der Waals surface area (Å²) in [6.45, 7) is 11.4. The first-order valence-electron chi connectivity index (χ1n) is 8.35. The molecule has 118 valence electrons. The van der Waals surface area contributed by atoms with Crippen molar-refractivity contribution in [3.05, 3.63) is 22.8 Å². The van der Waals surface area contributed by atoms with Crippen LogP contribution in [0.2, 0.25) is 0 Å². The van der Waals surface area contributed by atoms with Crippen LogP contribution in [0, 0.1) is 0 Å². The highest BCUT2D eigenvalue weighted by atomic mass is 16.5. The molecule has 1 aromatic heterocycles. The average molecular weight is 291 g/mol. The highest BCUT2D eigenvalue weighted by Gasteiger charge is 2.23. The van der Waals surface area contributed by atoms with Gasteiger partial charge in [-0.1, -0.05) is 27.7 Å². The van der Waals surface area contributed by atoms with Crippen molar-refractivity contribution in [3.63, 3.8) is 0 Å². The van der Waals surface area contributed by atoms with E-state index in [-0.39, 0.29) is 0 Å². The van der Waals surface area contributed by atoms with Crippen LogP contribution >= 0.6 is 0 Å². The Morgan fingerprint density at radius 2 is 1.86 bits per heavy atom. The molecule has 4 heteroatoms. The summed E-state index contributed by atoms with van der Waals surface area (Å²) in [7, 11) is 0. The van der Waals surface area contributed by atoms with Crippen molar-refractivity contribution >= 4 is 0 Å². The Morgan fingerprint density at radius 1 is 1.19 bits per heavy atom. The minimum atomic E-state index is 0.392. The maximum absolute atomic E-state index is 5.49. The van der Waals surface area contributed by atoms with Crippen molar-refractivity contribution in [2.45, 2.75) is 65.3 Å². The minimum absolute atomic E-state index is 0.392. The third kappa shape index (κ3) is 4.24. The molecule has 0 amide bonds. The summed E-state index contributed by atoms with van der Waals surface area (Å²) in [4.78, 5) is 9.72. The van der Waals surface area contributed by atoms with Gasteiger partial charge in [-0.3, -0.25) is 0 Å². The zero-order valence-electron chi connectivity index (χ0n) is 13.9. The molecule has 1 aliphatic rings. The van der Waals surface area contributed by atoms with E-state index in [0.29, 0.717) is 12.0 Å².